The van der Waals surface area contributed by atoms with Crippen LogP contribution in [-0.2, 0) is 11.3 Å². The number of hydrogen-bond donors (Lipinski definition) is 1. The number of nitrogens with two attached hydrogens (primary N) is 1. The number of nitrogens with zero attached hydrogens (tertiary/aromatic N) is 2. The molecule has 118 valence electrons. The summed E-state index contributed by atoms with van der Waals surface area (Å²) in [6.45, 7) is 0.474. The van der Waals surface area contributed by atoms with Crippen molar-refractivity contribution in [3.05, 3.63) is 71.0 Å². The first-order chi connectivity index (χ1) is 11.0. The summed E-state index contributed by atoms with van der Waals surface area (Å²) in [6, 6.07) is 15.7. The topological polar surface area (TPSA) is 70.1 Å². The maximum absolute atomic E-state index is 13.4. The Bertz CT molecular complexity index is 725. The second-order valence-electron chi connectivity index (χ2n) is 5.44. The van der Waals surface area contributed by atoms with Crippen LogP contribution in [0.15, 0.2) is 48.5 Å². The molecule has 0 aromatic heterocycles. The Morgan fingerprint density at radius 2 is 2.00 bits per heavy atom. The average molecular weight is 311 g/mol. The summed E-state index contributed by atoms with van der Waals surface area (Å²) in [5.74, 6) is -0.918. The van der Waals surface area contributed by atoms with Gasteiger partial charge in [0, 0.05) is 19.0 Å². The molecule has 2 rings (SSSR count). The van der Waals surface area contributed by atoms with Gasteiger partial charge in [-0.3, -0.25) is 9.69 Å². The number of halogens is 1. The van der Waals surface area contributed by atoms with Gasteiger partial charge >= 0.3 is 0 Å². The van der Waals surface area contributed by atoms with Gasteiger partial charge in [0.25, 0.3) is 0 Å². The molecule has 2 aromatic rings. The van der Waals surface area contributed by atoms with Crippen LogP contribution in [0.2, 0.25) is 0 Å². The van der Waals surface area contributed by atoms with Gasteiger partial charge in [-0.1, -0.05) is 36.4 Å². The summed E-state index contributed by atoms with van der Waals surface area (Å²) in [5.41, 5.74) is 7.17. The molecule has 0 aliphatic heterocycles. The zero-order valence-electron chi connectivity index (χ0n) is 12.9. The lowest BCUT2D eigenvalue weighted by Crippen LogP contribution is -2.28. The fourth-order valence-electron chi connectivity index (χ4n) is 2.55. The summed E-state index contributed by atoms with van der Waals surface area (Å²) in [6.07, 6.45) is 0.187. The van der Waals surface area contributed by atoms with Crippen LogP contribution in [0.1, 0.15) is 29.2 Å². The fraction of sp³-hybridized carbons (Fsp3) is 0.222. The SMILES string of the molecule is CN(Cc1ccc(F)c(C#N)c1)[C@H](CC(N)=O)c1ccccc1. The summed E-state index contributed by atoms with van der Waals surface area (Å²) in [5, 5.41) is 8.92. The van der Waals surface area contributed by atoms with Gasteiger partial charge in [-0.05, 0) is 30.3 Å². The molecular weight excluding hydrogens is 293 g/mol. The van der Waals surface area contributed by atoms with E-state index in [-0.39, 0.29) is 23.9 Å². The van der Waals surface area contributed by atoms with Crippen LogP contribution in [-0.4, -0.2) is 17.9 Å². The molecule has 4 nitrogen and oxygen atoms in total. The van der Waals surface area contributed by atoms with Crippen molar-refractivity contribution in [2.24, 2.45) is 5.73 Å². The molecule has 5 heteroatoms. The van der Waals surface area contributed by atoms with E-state index in [1.54, 1.807) is 6.07 Å². The molecule has 0 radical (unpaired) electrons. The van der Waals surface area contributed by atoms with Crippen LogP contribution in [0.3, 0.4) is 0 Å². The van der Waals surface area contributed by atoms with Crippen molar-refractivity contribution in [1.82, 2.24) is 4.90 Å². The Labute approximate surface area is 134 Å². The van der Waals surface area contributed by atoms with Crippen LogP contribution in [0, 0.1) is 17.1 Å². The lowest BCUT2D eigenvalue weighted by Gasteiger charge is -2.27. The first-order valence-electron chi connectivity index (χ1n) is 7.23. The van der Waals surface area contributed by atoms with Crippen molar-refractivity contribution in [2.75, 3.05) is 7.05 Å². The van der Waals surface area contributed by atoms with Gasteiger partial charge in [0.2, 0.25) is 5.91 Å². The Morgan fingerprint density at radius 3 is 2.61 bits per heavy atom. The highest BCUT2D eigenvalue weighted by Gasteiger charge is 2.19. The number of rotatable bonds is 6. The van der Waals surface area contributed by atoms with Crippen LogP contribution >= 0.6 is 0 Å². The number of primary amides is 1. The van der Waals surface area contributed by atoms with E-state index in [0.29, 0.717) is 6.54 Å². The van der Waals surface area contributed by atoms with E-state index in [9.17, 15) is 9.18 Å². The van der Waals surface area contributed by atoms with Crippen molar-refractivity contribution in [3.63, 3.8) is 0 Å². The summed E-state index contributed by atoms with van der Waals surface area (Å²) in [7, 11) is 1.87. The van der Waals surface area contributed by atoms with E-state index < -0.39 is 5.82 Å². The molecule has 0 saturated heterocycles. The van der Waals surface area contributed by atoms with Crippen LogP contribution in [0.5, 0.6) is 0 Å². The zero-order chi connectivity index (χ0) is 16.8. The summed E-state index contributed by atoms with van der Waals surface area (Å²) >= 11 is 0. The number of carbonyl (C=O) groups excluding carboxylic acids is 1. The third-order valence-corrected chi connectivity index (χ3v) is 3.69. The number of hydrogen-bond acceptors (Lipinski definition) is 3. The minimum Gasteiger partial charge on any atom is -0.370 e. The molecule has 0 spiro atoms. The van der Waals surface area contributed by atoms with Crippen molar-refractivity contribution < 1.29 is 9.18 Å². The molecule has 1 amide bonds. The van der Waals surface area contributed by atoms with Crippen molar-refractivity contribution in [2.45, 2.75) is 19.0 Å². The molecule has 0 unspecified atom stereocenters. The van der Waals surface area contributed by atoms with Crippen LogP contribution in [0.25, 0.3) is 0 Å². The van der Waals surface area contributed by atoms with E-state index in [0.717, 1.165) is 11.1 Å². The Balaban J connectivity index is 2.23. The molecule has 0 fully saturated rings. The highest BCUT2D eigenvalue weighted by Crippen LogP contribution is 2.24. The third kappa shape index (κ3) is 4.38. The van der Waals surface area contributed by atoms with E-state index in [1.165, 1.54) is 12.1 Å². The predicted octanol–water partition coefficient (Wildman–Crippen LogP) is 2.75. The first kappa shape index (κ1) is 16.7. The van der Waals surface area contributed by atoms with Crippen molar-refractivity contribution >= 4 is 5.91 Å². The van der Waals surface area contributed by atoms with Gasteiger partial charge in [0.1, 0.15) is 11.9 Å². The molecule has 1 atom stereocenters. The molecular formula is C18H18FN3O. The smallest absolute Gasteiger partial charge is 0.219 e. The Morgan fingerprint density at radius 1 is 1.30 bits per heavy atom. The van der Waals surface area contributed by atoms with Gasteiger partial charge in [-0.2, -0.15) is 5.26 Å². The first-order valence-corrected chi connectivity index (χ1v) is 7.23. The van der Waals surface area contributed by atoms with Gasteiger partial charge in [0.15, 0.2) is 0 Å². The largest absolute Gasteiger partial charge is 0.370 e. The van der Waals surface area contributed by atoms with Crippen molar-refractivity contribution in [3.8, 4) is 6.07 Å². The Hall–Kier alpha value is -2.71. The minimum atomic E-state index is -0.532. The molecule has 23 heavy (non-hydrogen) atoms. The normalized spacial score (nSPS) is 11.9. The lowest BCUT2D eigenvalue weighted by atomic mass is 10.0. The third-order valence-electron chi connectivity index (χ3n) is 3.69. The molecule has 0 saturated carbocycles. The van der Waals surface area contributed by atoms with Crippen molar-refractivity contribution in [1.29, 1.82) is 5.26 Å². The molecule has 2 aromatic carbocycles. The highest BCUT2D eigenvalue weighted by atomic mass is 19.1. The van der Waals surface area contributed by atoms with Crippen LogP contribution in [0.4, 0.5) is 4.39 Å². The quantitative estimate of drug-likeness (QED) is 0.891. The predicted molar refractivity (Wildman–Crippen MR) is 85.6 cm³/mol. The second-order valence-corrected chi connectivity index (χ2v) is 5.44. The van der Waals surface area contributed by atoms with E-state index in [1.807, 2.05) is 48.3 Å². The minimum absolute atomic E-state index is 0.0158. The van der Waals surface area contributed by atoms with E-state index >= 15 is 0 Å². The van der Waals surface area contributed by atoms with E-state index in [4.69, 9.17) is 11.0 Å². The standard InChI is InChI=1S/C18H18FN3O/c1-22(12-13-7-8-16(19)15(9-13)11-20)17(10-18(21)23)14-5-3-2-4-6-14/h2-9,17H,10,12H2,1H3,(H2,21,23)/t17-/m1/s1. The summed E-state index contributed by atoms with van der Waals surface area (Å²) in [4.78, 5) is 13.4. The number of benzene rings is 2. The highest BCUT2D eigenvalue weighted by molar-refractivity contribution is 5.74. The fourth-order valence-corrected chi connectivity index (χ4v) is 2.55. The Kier molecular flexibility index (Phi) is 5.45. The van der Waals surface area contributed by atoms with E-state index in [2.05, 4.69) is 0 Å². The number of nitriles is 1. The van der Waals surface area contributed by atoms with Crippen LogP contribution < -0.4 is 5.73 Å². The summed E-state index contributed by atoms with van der Waals surface area (Å²) < 4.78 is 13.4. The maximum Gasteiger partial charge on any atom is 0.219 e. The lowest BCUT2D eigenvalue weighted by molar-refractivity contribution is -0.119. The molecule has 0 aliphatic carbocycles. The van der Waals surface area contributed by atoms with Gasteiger partial charge in [0.05, 0.1) is 5.56 Å². The average Bonchev–Trinajstić information content (AvgIpc) is 2.55. The number of amides is 1. The maximum atomic E-state index is 13.4. The zero-order valence-corrected chi connectivity index (χ0v) is 12.9. The van der Waals surface area contributed by atoms with Gasteiger partial charge < -0.3 is 5.73 Å². The molecule has 0 bridgehead atoms. The molecule has 0 aliphatic rings. The molecule has 2 N–H and O–H groups in total. The van der Waals surface area contributed by atoms with Gasteiger partial charge in [-0.25, -0.2) is 4.39 Å². The molecule has 0 heterocycles. The monoisotopic (exact) mass is 311 g/mol. The number of carbonyl (C=O) groups is 1. The second kappa shape index (κ2) is 7.52. The van der Waals surface area contributed by atoms with Gasteiger partial charge in [-0.15, -0.1) is 0 Å².